The molecule has 3 aromatic carbocycles. The first-order chi connectivity index (χ1) is 16.9. The van der Waals surface area contributed by atoms with Crippen molar-refractivity contribution in [2.75, 3.05) is 9.21 Å². The summed E-state index contributed by atoms with van der Waals surface area (Å²) in [5.74, 6) is -0.00153. The largest absolute Gasteiger partial charge is 0.459 e. The number of sulfonamides is 1. The highest BCUT2D eigenvalue weighted by molar-refractivity contribution is 7.92. The number of benzene rings is 3. The zero-order valence-electron chi connectivity index (χ0n) is 19.5. The molecule has 0 N–H and O–H groups in total. The van der Waals surface area contributed by atoms with Crippen LogP contribution in [0.4, 0.5) is 11.4 Å². The summed E-state index contributed by atoms with van der Waals surface area (Å²) in [7, 11) is -3.91. The fourth-order valence-corrected chi connectivity index (χ4v) is 6.36. The number of hydrogen-bond acceptors (Lipinski definition) is 4. The van der Waals surface area contributed by atoms with Crippen molar-refractivity contribution < 1.29 is 17.6 Å². The number of carbonyl (C=O) groups excluding carboxylic acids is 1. The van der Waals surface area contributed by atoms with Crippen molar-refractivity contribution in [3.8, 4) is 0 Å². The summed E-state index contributed by atoms with van der Waals surface area (Å²) in [5, 5.41) is 0. The second-order valence-corrected chi connectivity index (χ2v) is 10.6. The minimum absolute atomic E-state index is 0.228. The number of rotatable bonds is 5. The highest BCUT2D eigenvalue weighted by atomic mass is 32.2. The third kappa shape index (κ3) is 4.12. The van der Waals surface area contributed by atoms with Gasteiger partial charge in [-0.2, -0.15) is 0 Å². The lowest BCUT2D eigenvalue weighted by Gasteiger charge is -2.43. The van der Waals surface area contributed by atoms with Crippen molar-refractivity contribution in [1.29, 1.82) is 0 Å². The summed E-state index contributed by atoms with van der Waals surface area (Å²) in [5.41, 5.74) is 3.01. The summed E-state index contributed by atoms with van der Waals surface area (Å²) in [6.45, 7) is 3.86. The van der Waals surface area contributed by atoms with Gasteiger partial charge in [-0.15, -0.1) is 0 Å². The van der Waals surface area contributed by atoms with Crippen LogP contribution in [0.1, 0.15) is 41.1 Å². The van der Waals surface area contributed by atoms with E-state index in [4.69, 9.17) is 4.42 Å². The molecule has 6 nitrogen and oxygen atoms in total. The summed E-state index contributed by atoms with van der Waals surface area (Å²) in [6, 6.07) is 26.1. The molecule has 0 spiro atoms. The van der Waals surface area contributed by atoms with E-state index in [1.807, 2.05) is 56.3 Å². The Hall–Kier alpha value is -3.84. The van der Waals surface area contributed by atoms with Crippen LogP contribution < -0.4 is 9.21 Å². The third-order valence-electron chi connectivity index (χ3n) is 6.38. The molecule has 1 aromatic heterocycles. The van der Waals surface area contributed by atoms with Crippen LogP contribution in [0.25, 0.3) is 0 Å². The van der Waals surface area contributed by atoms with Gasteiger partial charge in [-0.1, -0.05) is 54.1 Å². The lowest BCUT2D eigenvalue weighted by atomic mass is 9.91. The van der Waals surface area contributed by atoms with Gasteiger partial charge in [0.25, 0.3) is 15.9 Å². The van der Waals surface area contributed by atoms with Crippen LogP contribution in [0.15, 0.2) is 107 Å². The number of fused-ring (bicyclic) bond motifs is 1. The van der Waals surface area contributed by atoms with Gasteiger partial charge in [0.1, 0.15) is 0 Å². The molecular formula is C28H26N2O4S. The molecule has 1 aliphatic heterocycles. The topological polar surface area (TPSA) is 70.8 Å². The minimum Gasteiger partial charge on any atom is -0.459 e. The first kappa shape index (κ1) is 22.9. The van der Waals surface area contributed by atoms with E-state index >= 15 is 0 Å². The van der Waals surface area contributed by atoms with Crippen LogP contribution in [0.3, 0.4) is 0 Å². The standard InChI is InChI=1S/C28H26N2O4S/c1-20-14-16-23(17-15-20)35(32,33)30(22-9-4-3-5-10-22)26-19-21(2)29(25-12-7-6-11-24(25)26)28(31)27-13-8-18-34-27/h3-18,21,26H,19H2,1-2H3. The minimum atomic E-state index is -3.91. The van der Waals surface area contributed by atoms with E-state index in [9.17, 15) is 13.2 Å². The predicted octanol–water partition coefficient (Wildman–Crippen LogP) is 5.96. The van der Waals surface area contributed by atoms with Gasteiger partial charge in [-0.05, 0) is 68.3 Å². The van der Waals surface area contributed by atoms with Gasteiger partial charge in [0.15, 0.2) is 5.76 Å². The fourth-order valence-electron chi connectivity index (χ4n) is 4.72. The predicted molar refractivity (Wildman–Crippen MR) is 136 cm³/mol. The molecule has 178 valence electrons. The molecule has 0 radical (unpaired) electrons. The molecule has 0 bridgehead atoms. The zero-order valence-corrected chi connectivity index (χ0v) is 20.4. The first-order valence-corrected chi connectivity index (χ1v) is 12.9. The fraction of sp³-hybridized carbons (Fsp3) is 0.179. The number of furan rings is 1. The second kappa shape index (κ2) is 9.07. The molecule has 35 heavy (non-hydrogen) atoms. The molecule has 2 atom stereocenters. The van der Waals surface area contributed by atoms with Gasteiger partial charge in [-0.25, -0.2) is 8.42 Å². The van der Waals surface area contributed by atoms with Crippen molar-refractivity contribution in [1.82, 2.24) is 0 Å². The zero-order chi connectivity index (χ0) is 24.6. The van der Waals surface area contributed by atoms with Crippen LogP contribution in [-0.2, 0) is 10.0 Å². The highest BCUT2D eigenvalue weighted by Crippen LogP contribution is 2.44. The Morgan fingerprint density at radius 1 is 0.914 bits per heavy atom. The summed E-state index contributed by atoms with van der Waals surface area (Å²) >= 11 is 0. The molecule has 0 aliphatic carbocycles. The maximum absolute atomic E-state index is 14.1. The van der Waals surface area contributed by atoms with Gasteiger partial charge < -0.3 is 9.32 Å². The highest BCUT2D eigenvalue weighted by Gasteiger charge is 2.41. The normalized spacial score (nSPS) is 17.6. The van der Waals surface area contributed by atoms with Crippen LogP contribution in [-0.4, -0.2) is 20.4 Å². The number of aryl methyl sites for hydroxylation is 1. The third-order valence-corrected chi connectivity index (χ3v) is 8.23. The van der Waals surface area contributed by atoms with Gasteiger partial charge in [0.2, 0.25) is 0 Å². The Bertz CT molecular complexity index is 1430. The molecule has 4 aromatic rings. The summed E-state index contributed by atoms with van der Waals surface area (Å²) in [4.78, 5) is 15.3. The number of amides is 1. The molecule has 7 heteroatoms. The van der Waals surface area contributed by atoms with E-state index in [2.05, 4.69) is 0 Å². The Balaban J connectivity index is 1.66. The van der Waals surface area contributed by atoms with Gasteiger partial charge in [0.05, 0.1) is 22.9 Å². The van der Waals surface area contributed by atoms with Crippen molar-refractivity contribution in [2.24, 2.45) is 0 Å². The molecule has 5 rings (SSSR count). The van der Waals surface area contributed by atoms with Gasteiger partial charge >= 0.3 is 0 Å². The van der Waals surface area contributed by atoms with Crippen LogP contribution >= 0.6 is 0 Å². The van der Waals surface area contributed by atoms with E-state index in [1.165, 1.54) is 10.6 Å². The molecule has 1 aliphatic rings. The molecule has 0 saturated heterocycles. The van der Waals surface area contributed by atoms with E-state index in [1.54, 1.807) is 53.4 Å². The average Bonchev–Trinajstić information content (AvgIpc) is 3.40. The maximum Gasteiger partial charge on any atom is 0.294 e. The maximum atomic E-state index is 14.1. The van der Waals surface area contributed by atoms with E-state index < -0.39 is 16.1 Å². The van der Waals surface area contributed by atoms with Crippen LogP contribution in [0.2, 0.25) is 0 Å². The quantitative estimate of drug-likeness (QED) is 0.349. The molecule has 0 saturated carbocycles. The summed E-state index contributed by atoms with van der Waals surface area (Å²) < 4.78 is 35.1. The van der Waals surface area contributed by atoms with E-state index in [0.717, 1.165) is 11.1 Å². The van der Waals surface area contributed by atoms with Gasteiger partial charge in [-0.3, -0.25) is 9.10 Å². The number of para-hydroxylation sites is 2. The Morgan fingerprint density at radius 3 is 2.29 bits per heavy atom. The average molecular weight is 487 g/mol. The summed E-state index contributed by atoms with van der Waals surface area (Å²) in [6.07, 6.45) is 1.89. The lowest BCUT2D eigenvalue weighted by molar-refractivity contribution is 0.0947. The van der Waals surface area contributed by atoms with Crippen molar-refractivity contribution in [3.05, 3.63) is 114 Å². The van der Waals surface area contributed by atoms with E-state index in [0.29, 0.717) is 17.8 Å². The number of hydrogen-bond donors (Lipinski definition) is 0. The van der Waals surface area contributed by atoms with Crippen molar-refractivity contribution in [2.45, 2.75) is 37.2 Å². The van der Waals surface area contributed by atoms with Crippen LogP contribution in [0, 0.1) is 6.92 Å². The smallest absolute Gasteiger partial charge is 0.294 e. The van der Waals surface area contributed by atoms with Crippen molar-refractivity contribution >= 4 is 27.3 Å². The second-order valence-electron chi connectivity index (χ2n) is 8.76. The van der Waals surface area contributed by atoms with E-state index in [-0.39, 0.29) is 22.6 Å². The number of anilines is 2. The Morgan fingerprint density at radius 2 is 1.60 bits per heavy atom. The molecule has 2 heterocycles. The van der Waals surface area contributed by atoms with Crippen LogP contribution in [0.5, 0.6) is 0 Å². The Labute approximate surface area is 205 Å². The molecule has 0 fully saturated rings. The SMILES string of the molecule is Cc1ccc(S(=O)(=O)N(c2ccccc2)C2CC(C)N(C(=O)c3ccco3)c3ccccc32)cc1. The monoisotopic (exact) mass is 486 g/mol. The molecule has 1 amide bonds. The first-order valence-electron chi connectivity index (χ1n) is 11.5. The molecule has 2 unspecified atom stereocenters. The van der Waals surface area contributed by atoms with Gasteiger partial charge in [0, 0.05) is 11.7 Å². The number of carbonyl (C=O) groups is 1. The Kier molecular flexibility index (Phi) is 5.94. The molecular weight excluding hydrogens is 460 g/mol. The number of nitrogens with zero attached hydrogens (tertiary/aromatic N) is 2. The van der Waals surface area contributed by atoms with Crippen molar-refractivity contribution in [3.63, 3.8) is 0 Å². The lowest BCUT2D eigenvalue weighted by Crippen LogP contribution is -2.47.